The molecular weight excluding hydrogens is 1700 g/mol. The third-order valence-corrected chi connectivity index (χ3v) is 23.8. The number of aliphatic hydroxyl groups excluding tert-OH is 6. The second-order valence-corrected chi connectivity index (χ2v) is 34.0. The fraction of sp³-hybridized carbons (Fsp3) is 0.419. The molecule has 7 amide bonds. The minimum Gasteiger partial charge on any atom is -0.508 e. The molecule has 0 saturated carbocycles. The van der Waals surface area contributed by atoms with Crippen molar-refractivity contribution in [2.75, 3.05) is 13.7 Å². The van der Waals surface area contributed by atoms with Gasteiger partial charge in [0.2, 0.25) is 53.4 Å². The third kappa shape index (κ3) is 20.1. The fourth-order valence-electron chi connectivity index (χ4n) is 16.2. The van der Waals surface area contributed by atoms with Crippen molar-refractivity contribution in [3.8, 4) is 68.2 Å². The van der Waals surface area contributed by atoms with Crippen LogP contribution in [-0.2, 0) is 68.6 Å². The van der Waals surface area contributed by atoms with Gasteiger partial charge in [0.05, 0.1) is 53.5 Å². The van der Waals surface area contributed by atoms with Crippen molar-refractivity contribution in [3.05, 3.63) is 176 Å². The number of phenolic OH excluding ortho intramolecular Hbond substituents is 3. The molecule has 22 N–H and O–H groups in total. The van der Waals surface area contributed by atoms with Gasteiger partial charge in [-0.1, -0.05) is 103 Å². The number of carbonyl (C=O) groups is 8. The molecule has 39 heteroatoms. The number of likely N-dealkylation sites (N-methyl/N-ethyl adjacent to an activating group) is 1. The van der Waals surface area contributed by atoms with E-state index >= 15 is 24.0 Å². The zero-order valence-electron chi connectivity index (χ0n) is 68.3. The number of carbonyl (C=O) groups excluding carboxylic acids is 7. The lowest BCUT2D eigenvalue weighted by Gasteiger charge is -2.48. The number of fused-ring (bicyclic) bond motifs is 15. The molecule has 0 unspecified atom stereocenters. The predicted octanol–water partition coefficient (Wildman–Crippen LogP) is 4.50. The van der Waals surface area contributed by atoms with Crippen molar-refractivity contribution in [1.29, 1.82) is 0 Å². The van der Waals surface area contributed by atoms with E-state index in [1.807, 2.05) is 50.2 Å². The van der Waals surface area contributed by atoms with Gasteiger partial charge in [0, 0.05) is 58.2 Å². The van der Waals surface area contributed by atoms with Crippen LogP contribution in [0, 0.1) is 5.92 Å². The highest BCUT2D eigenvalue weighted by Crippen LogP contribution is 2.51. The summed E-state index contributed by atoms with van der Waals surface area (Å²) in [5, 5.41) is 138. The van der Waals surface area contributed by atoms with Gasteiger partial charge in [-0.3, -0.25) is 33.6 Å². The Hall–Kier alpha value is -10.6. The number of hydrogen-bond donors (Lipinski definition) is 20. The van der Waals surface area contributed by atoms with E-state index in [0.29, 0.717) is 5.02 Å². The minimum atomic E-state index is -2.40. The van der Waals surface area contributed by atoms with E-state index in [9.17, 15) is 65.4 Å². The lowest BCUT2D eigenvalue weighted by atomic mass is 9.84. The molecule has 0 aromatic heterocycles. The second kappa shape index (κ2) is 37.9. The van der Waals surface area contributed by atoms with Gasteiger partial charge in [0.15, 0.2) is 36.2 Å². The first-order chi connectivity index (χ1) is 59.2. The van der Waals surface area contributed by atoms with Crippen LogP contribution in [0.4, 0.5) is 0 Å². The molecule has 125 heavy (non-hydrogen) atoms. The number of hydrogen-bond acceptors (Lipinski definition) is 28. The van der Waals surface area contributed by atoms with Crippen LogP contribution in [0.2, 0.25) is 15.1 Å². The molecule has 36 nitrogen and oxygen atoms in total. The topological polar surface area (TPSA) is 561 Å². The van der Waals surface area contributed by atoms with Gasteiger partial charge in [0.1, 0.15) is 89.5 Å². The number of rotatable bonds is 19. The van der Waals surface area contributed by atoms with Crippen molar-refractivity contribution < 1.29 is 127 Å². The molecule has 7 aromatic rings. The van der Waals surface area contributed by atoms with Crippen LogP contribution >= 0.6 is 34.8 Å². The summed E-state index contributed by atoms with van der Waals surface area (Å²) >= 11 is 20.8. The number of primary amides is 1. The number of aromatic hydroxyl groups is 3. The number of ether oxygens (including phenoxy) is 8. The number of carboxylic acids is 1. The van der Waals surface area contributed by atoms with Crippen LogP contribution in [-0.4, -0.2) is 215 Å². The average molecular weight is 1790 g/mol. The van der Waals surface area contributed by atoms with Gasteiger partial charge in [-0.05, 0) is 153 Å². The summed E-state index contributed by atoms with van der Waals surface area (Å²) in [5.41, 5.74) is 9.60. The van der Waals surface area contributed by atoms with E-state index < -0.39 is 261 Å². The van der Waals surface area contributed by atoms with E-state index in [4.69, 9.17) is 84.2 Å². The Morgan fingerprint density at radius 3 is 1.83 bits per heavy atom. The quantitative estimate of drug-likeness (QED) is 0.0530. The Kier molecular flexibility index (Phi) is 27.9. The fourth-order valence-corrected chi connectivity index (χ4v) is 16.7. The van der Waals surface area contributed by atoms with Crippen LogP contribution in [0.3, 0.4) is 0 Å². The number of carboxylic acid groups (broad SMARTS) is 1. The summed E-state index contributed by atoms with van der Waals surface area (Å²) < 4.78 is 52.9. The summed E-state index contributed by atoms with van der Waals surface area (Å²) in [7, 11) is 1.48. The molecule has 7 aromatic carbocycles. The van der Waals surface area contributed by atoms with Crippen LogP contribution in [0.15, 0.2) is 127 Å². The first-order valence-electron chi connectivity index (χ1n) is 40.1. The van der Waals surface area contributed by atoms with Crippen molar-refractivity contribution >= 4 is 82.1 Å². The maximum absolute atomic E-state index is 16.6. The Labute approximate surface area is 730 Å². The zero-order valence-corrected chi connectivity index (χ0v) is 70.6. The highest BCUT2D eigenvalue weighted by atomic mass is 35.5. The highest BCUT2D eigenvalue weighted by molar-refractivity contribution is 6.32. The molecule has 8 heterocycles. The van der Waals surface area contributed by atoms with Crippen molar-refractivity contribution in [2.24, 2.45) is 17.4 Å². The number of phenols is 3. The van der Waals surface area contributed by atoms with Gasteiger partial charge in [-0.25, -0.2) is 4.79 Å². The Balaban J connectivity index is 1.02. The largest absolute Gasteiger partial charge is 0.508 e. The molecule has 3 saturated heterocycles. The maximum Gasteiger partial charge on any atom is 0.330 e. The van der Waals surface area contributed by atoms with Gasteiger partial charge in [-0.15, -0.1) is 0 Å². The number of aliphatic carboxylic acids is 1. The molecule has 22 atom stereocenters. The maximum atomic E-state index is 16.6. The van der Waals surface area contributed by atoms with E-state index in [1.54, 1.807) is 26.0 Å². The van der Waals surface area contributed by atoms with Gasteiger partial charge in [0.25, 0.3) is 0 Å². The SMILES string of the molecule is CN[C@H](CC(C)C)C(=O)N[C@H]1C(=O)N[C@@H](CC(N)=O)C(=O)N[C@H]2C(=O)N[C@H]3C(=O)N[C@H](C(=O)N[C@H](C(=O)O)c4cc(O)cc(O)c4-c4cc3ccc4O)[C@H](O[C@H]3C[C@](C)(N)[C@@H](O)[C@H](C)O3)c3ccc(c(Cl)c3)Oc3cc2cc(c3O[C@@H]2O[C@H](CO)[C@@H](O)[C@H](O)[C@H]2O[C@H]2C[C@](C)(NCc3ccc(-c4ccc(Cl)cc4)cc3)[C@H](O)[C@H](C)O2)Oc2ccc(cc2Cl)[C@H]1O. The van der Waals surface area contributed by atoms with Gasteiger partial charge >= 0.3 is 5.97 Å². The first kappa shape index (κ1) is 92.1. The van der Waals surface area contributed by atoms with Gasteiger partial charge < -0.3 is 143 Å². The highest BCUT2D eigenvalue weighted by Gasteiger charge is 2.53. The Morgan fingerprint density at radius 2 is 1.22 bits per heavy atom. The minimum absolute atomic E-state index is 0.119. The number of nitrogens with two attached hydrogens (primary N) is 2. The molecule has 0 aliphatic carbocycles. The summed E-state index contributed by atoms with van der Waals surface area (Å²) in [6.07, 6.45) is -23.0. The Bertz CT molecular complexity index is 5250. The molecule has 11 bridgehead atoms. The predicted molar refractivity (Wildman–Crippen MR) is 445 cm³/mol. The molecule has 8 aliphatic heterocycles. The number of halogens is 3. The number of nitrogens with one attached hydrogen (secondary N) is 8. The zero-order chi connectivity index (χ0) is 90.3. The summed E-state index contributed by atoms with van der Waals surface area (Å²) in [6, 6.07) is 14.5. The van der Waals surface area contributed by atoms with Crippen LogP contribution in [0.25, 0.3) is 22.3 Å². The first-order valence-corrected chi connectivity index (χ1v) is 41.2. The average Bonchev–Trinajstić information content (AvgIpc) is 0.762. The lowest BCUT2D eigenvalue weighted by molar-refractivity contribution is -0.334. The van der Waals surface area contributed by atoms with E-state index in [1.165, 1.54) is 51.2 Å². The van der Waals surface area contributed by atoms with E-state index in [2.05, 4.69) is 42.5 Å². The van der Waals surface area contributed by atoms with E-state index in [-0.39, 0.29) is 59.2 Å². The summed E-state index contributed by atoms with van der Waals surface area (Å²) in [5.74, 6) is -16.1. The van der Waals surface area contributed by atoms with Gasteiger partial charge in [-0.2, -0.15) is 0 Å². The standard InChI is InChI=1S/C86H97Cl3N10O26/c1-35(2)22-51(92-7)77(110)98-67-69(105)42-15-20-55(49(88)24-42)120-57-26-44-27-58(73(57)125-84-74(71(107)70(106)59(34-100)122-84)124-62-32-86(6,76(109)37(4)119-62)93-33-38-8-10-39(11-9-38)40-12-17-45(87)18-13-40)121-56-21-16-43(25-50(56)89)72(123-61-31-85(5,91)75(108)36(3)118-61)68-82(115)97-66(83(116)117)48-28-46(101)29-54(103)63(48)47-23-41(14-19-53(47)102)64(79(112)99-68)96-80(113)65(44)95-78(111)52(30-60(90)104)94-81(67)114/h8-21,23-29,35-37,51-52,59,61-62,64-72,74-76,84,92-93,100-103,105-109H,22,30-34,91H2,1-7H3,(H2,90,104)(H,94,114)(H,95,111)(H,96,113)(H,97,115)(H,98,110)(H,99,112)(H,116,117)/t36-,37-,51+,52-,59+,61-,62-,64+,65+,66-,67+,68-,69+,70+,71-,72+,74+,75-,76+,84-,85-,86-/m0/s1. The number of benzene rings is 7. The molecular formula is C86H97Cl3N10O26. The Morgan fingerprint density at radius 1 is 0.632 bits per heavy atom. The number of amides is 7. The smallest absolute Gasteiger partial charge is 0.330 e. The second-order valence-electron chi connectivity index (χ2n) is 32.7. The lowest BCUT2D eigenvalue weighted by Crippen LogP contribution is -2.65. The third-order valence-electron chi connectivity index (χ3n) is 22.9. The monoisotopic (exact) mass is 1790 g/mol. The molecule has 8 aliphatic rings. The molecule has 668 valence electrons. The van der Waals surface area contributed by atoms with Crippen molar-refractivity contribution in [2.45, 2.75) is 207 Å². The van der Waals surface area contributed by atoms with Crippen molar-refractivity contribution in [1.82, 2.24) is 42.5 Å². The molecule has 0 spiro atoms. The van der Waals surface area contributed by atoms with Crippen molar-refractivity contribution in [3.63, 3.8) is 0 Å². The van der Waals surface area contributed by atoms with Crippen LogP contribution in [0.1, 0.15) is 131 Å². The normalized spacial score (nSPS) is 29.7. The van der Waals surface area contributed by atoms with E-state index in [0.717, 1.165) is 65.2 Å². The van der Waals surface area contributed by atoms with Crippen LogP contribution in [0.5, 0.6) is 46.0 Å². The summed E-state index contributed by atoms with van der Waals surface area (Å²) in [4.78, 5) is 121. The molecule has 3 fully saturated rings. The molecule has 15 rings (SSSR count). The molecule has 0 radical (unpaired) electrons. The van der Waals surface area contributed by atoms with Crippen LogP contribution < -0.4 is 68.2 Å². The summed E-state index contributed by atoms with van der Waals surface area (Å²) in [6.45, 7) is 9.06. The number of aliphatic hydroxyl groups is 6.